The second-order valence-corrected chi connectivity index (χ2v) is 7.77. The zero-order chi connectivity index (χ0) is 18.9. The van der Waals surface area contributed by atoms with E-state index in [0.29, 0.717) is 11.5 Å². The maximum atomic E-state index is 11.0. The average Bonchev–Trinajstić information content (AvgIpc) is 2.52. The highest BCUT2D eigenvalue weighted by molar-refractivity contribution is 14.0. The third kappa shape index (κ3) is 11.3. The van der Waals surface area contributed by atoms with Crippen LogP contribution >= 0.6 is 24.0 Å². The topological polar surface area (TPSA) is 65.5 Å². The largest absolute Gasteiger partial charge is 0.356 e. The second kappa shape index (κ2) is 12.1. The van der Waals surface area contributed by atoms with E-state index in [1.807, 2.05) is 24.3 Å². The van der Waals surface area contributed by atoms with Crippen LogP contribution in [0.5, 0.6) is 0 Å². The molecular formula is C20H35IN4O. The van der Waals surface area contributed by atoms with Crippen LogP contribution in [-0.2, 0) is 11.2 Å². The summed E-state index contributed by atoms with van der Waals surface area (Å²) in [5.74, 6) is 0.793. The summed E-state index contributed by atoms with van der Waals surface area (Å²) in [5, 5.41) is 9.59. The number of guanidine groups is 1. The maximum absolute atomic E-state index is 11.0. The van der Waals surface area contributed by atoms with Gasteiger partial charge in [0.15, 0.2) is 5.96 Å². The molecule has 0 radical (unpaired) electrons. The molecule has 6 heteroatoms. The number of nitrogens with one attached hydrogen (secondary N) is 3. The highest BCUT2D eigenvalue weighted by atomic mass is 127. The SMILES string of the molecule is CN=C(NCCc1ccc(NC(C)=O)cc1)NC(C)CCC(C)(C)C.I. The van der Waals surface area contributed by atoms with Crippen molar-refractivity contribution in [3.63, 3.8) is 0 Å². The number of halogens is 1. The molecule has 0 saturated carbocycles. The Hall–Kier alpha value is -1.31. The Morgan fingerprint density at radius 1 is 1.19 bits per heavy atom. The van der Waals surface area contributed by atoms with E-state index in [9.17, 15) is 4.79 Å². The van der Waals surface area contributed by atoms with Gasteiger partial charge in [0, 0.05) is 32.2 Å². The van der Waals surface area contributed by atoms with E-state index < -0.39 is 0 Å². The van der Waals surface area contributed by atoms with Crippen LogP contribution in [-0.4, -0.2) is 31.5 Å². The molecule has 0 aliphatic carbocycles. The van der Waals surface area contributed by atoms with E-state index >= 15 is 0 Å². The number of anilines is 1. The Balaban J connectivity index is 0.00000625. The van der Waals surface area contributed by atoms with Crippen molar-refractivity contribution in [3.8, 4) is 0 Å². The van der Waals surface area contributed by atoms with Crippen LogP contribution in [0.25, 0.3) is 0 Å². The predicted molar refractivity (Wildman–Crippen MR) is 123 cm³/mol. The molecule has 5 nitrogen and oxygen atoms in total. The first kappa shape index (κ1) is 24.7. The Bertz CT molecular complexity index is 564. The number of carbonyl (C=O) groups excluding carboxylic acids is 1. The van der Waals surface area contributed by atoms with Gasteiger partial charge in [-0.1, -0.05) is 32.9 Å². The van der Waals surface area contributed by atoms with Gasteiger partial charge in [-0.15, -0.1) is 24.0 Å². The number of carbonyl (C=O) groups is 1. The molecule has 1 unspecified atom stereocenters. The number of rotatable bonds is 7. The van der Waals surface area contributed by atoms with Crippen molar-refractivity contribution in [2.24, 2.45) is 10.4 Å². The van der Waals surface area contributed by atoms with E-state index in [2.05, 4.69) is 48.6 Å². The number of amides is 1. The zero-order valence-corrected chi connectivity index (χ0v) is 19.3. The summed E-state index contributed by atoms with van der Waals surface area (Å²) < 4.78 is 0. The van der Waals surface area contributed by atoms with E-state index in [0.717, 1.165) is 31.0 Å². The van der Waals surface area contributed by atoms with Gasteiger partial charge in [-0.25, -0.2) is 0 Å². The predicted octanol–water partition coefficient (Wildman–Crippen LogP) is 4.19. The Morgan fingerprint density at radius 3 is 2.31 bits per heavy atom. The summed E-state index contributed by atoms with van der Waals surface area (Å²) in [7, 11) is 1.80. The lowest BCUT2D eigenvalue weighted by atomic mass is 9.89. The highest BCUT2D eigenvalue weighted by Gasteiger charge is 2.13. The lowest BCUT2D eigenvalue weighted by Crippen LogP contribution is -2.43. The summed E-state index contributed by atoms with van der Waals surface area (Å²) in [6, 6.07) is 8.32. The highest BCUT2D eigenvalue weighted by Crippen LogP contribution is 2.21. The quantitative estimate of drug-likeness (QED) is 0.316. The van der Waals surface area contributed by atoms with Gasteiger partial charge in [0.2, 0.25) is 5.91 Å². The first-order valence-corrected chi connectivity index (χ1v) is 9.03. The van der Waals surface area contributed by atoms with Crippen LogP contribution in [0.15, 0.2) is 29.3 Å². The lowest BCUT2D eigenvalue weighted by Gasteiger charge is -2.23. The van der Waals surface area contributed by atoms with Gasteiger partial charge in [0.05, 0.1) is 0 Å². The van der Waals surface area contributed by atoms with E-state index in [1.54, 1.807) is 7.05 Å². The summed E-state index contributed by atoms with van der Waals surface area (Å²) in [6.07, 6.45) is 3.20. The van der Waals surface area contributed by atoms with Gasteiger partial charge in [-0.05, 0) is 49.3 Å². The van der Waals surface area contributed by atoms with Gasteiger partial charge >= 0.3 is 0 Å². The van der Waals surface area contributed by atoms with E-state index in [4.69, 9.17) is 0 Å². The molecular weight excluding hydrogens is 439 g/mol. The molecule has 0 aliphatic rings. The average molecular weight is 474 g/mol. The summed E-state index contributed by atoms with van der Waals surface area (Å²) in [6.45, 7) is 11.3. The standard InChI is InChI=1S/C20H34N4O.HI/c1-15(11-13-20(3,4)5)23-19(21-6)22-14-12-17-7-9-18(10-8-17)24-16(2)25;/h7-10,15H,11-14H2,1-6H3,(H,24,25)(H2,21,22,23);1H. The van der Waals surface area contributed by atoms with Crippen molar-refractivity contribution in [1.82, 2.24) is 10.6 Å². The van der Waals surface area contributed by atoms with Crippen LogP contribution in [0.4, 0.5) is 5.69 Å². The van der Waals surface area contributed by atoms with E-state index in [-0.39, 0.29) is 29.9 Å². The van der Waals surface area contributed by atoms with Gasteiger partial charge in [0.25, 0.3) is 0 Å². The summed E-state index contributed by atoms with van der Waals surface area (Å²) >= 11 is 0. The number of hydrogen-bond donors (Lipinski definition) is 3. The molecule has 0 heterocycles. The van der Waals surface area contributed by atoms with Crippen molar-refractivity contribution in [2.75, 3.05) is 18.9 Å². The minimum Gasteiger partial charge on any atom is -0.356 e. The van der Waals surface area contributed by atoms with Crippen LogP contribution in [0.2, 0.25) is 0 Å². The molecule has 0 saturated heterocycles. The molecule has 1 amide bonds. The fraction of sp³-hybridized carbons (Fsp3) is 0.600. The lowest BCUT2D eigenvalue weighted by molar-refractivity contribution is -0.114. The fourth-order valence-corrected chi connectivity index (χ4v) is 2.43. The third-order valence-electron chi connectivity index (χ3n) is 3.91. The van der Waals surface area contributed by atoms with Crippen molar-refractivity contribution in [2.45, 2.75) is 59.9 Å². The molecule has 1 rings (SSSR count). The number of benzene rings is 1. The van der Waals surface area contributed by atoms with Gasteiger partial charge in [0.1, 0.15) is 0 Å². The first-order chi connectivity index (χ1) is 11.7. The fourth-order valence-electron chi connectivity index (χ4n) is 2.43. The molecule has 1 atom stereocenters. The molecule has 3 N–H and O–H groups in total. The summed E-state index contributed by atoms with van der Waals surface area (Å²) in [4.78, 5) is 15.3. The smallest absolute Gasteiger partial charge is 0.221 e. The van der Waals surface area contributed by atoms with Crippen molar-refractivity contribution >= 4 is 41.5 Å². The van der Waals surface area contributed by atoms with Crippen LogP contribution in [0.3, 0.4) is 0 Å². The maximum Gasteiger partial charge on any atom is 0.221 e. The molecule has 1 aromatic rings. The van der Waals surface area contributed by atoms with Gasteiger partial charge in [-0.2, -0.15) is 0 Å². The molecule has 0 bridgehead atoms. The number of hydrogen-bond acceptors (Lipinski definition) is 2. The van der Waals surface area contributed by atoms with Gasteiger partial charge in [-0.3, -0.25) is 9.79 Å². The Morgan fingerprint density at radius 2 is 1.81 bits per heavy atom. The van der Waals surface area contributed by atoms with Crippen molar-refractivity contribution in [1.29, 1.82) is 0 Å². The second-order valence-electron chi connectivity index (χ2n) is 7.77. The Kier molecular flexibility index (Phi) is 11.5. The third-order valence-corrected chi connectivity index (χ3v) is 3.91. The van der Waals surface area contributed by atoms with Crippen molar-refractivity contribution in [3.05, 3.63) is 29.8 Å². The van der Waals surface area contributed by atoms with Gasteiger partial charge < -0.3 is 16.0 Å². The minimum atomic E-state index is -0.0510. The molecule has 1 aromatic carbocycles. The minimum absolute atomic E-state index is 0. The monoisotopic (exact) mass is 474 g/mol. The van der Waals surface area contributed by atoms with Crippen molar-refractivity contribution < 1.29 is 4.79 Å². The molecule has 0 aromatic heterocycles. The molecule has 0 aliphatic heterocycles. The zero-order valence-electron chi connectivity index (χ0n) is 17.0. The molecule has 0 spiro atoms. The molecule has 26 heavy (non-hydrogen) atoms. The number of nitrogens with zero attached hydrogens (tertiary/aromatic N) is 1. The molecule has 148 valence electrons. The Labute approximate surface area is 175 Å². The number of aliphatic imine (C=N–C) groups is 1. The normalized spacial score (nSPS) is 12.8. The van der Waals surface area contributed by atoms with Crippen LogP contribution in [0, 0.1) is 5.41 Å². The first-order valence-electron chi connectivity index (χ1n) is 9.03. The van der Waals surface area contributed by atoms with Crippen LogP contribution in [0.1, 0.15) is 53.0 Å². The molecule has 0 fully saturated rings. The summed E-state index contributed by atoms with van der Waals surface area (Å²) in [5.41, 5.74) is 2.41. The van der Waals surface area contributed by atoms with Crippen LogP contribution < -0.4 is 16.0 Å². The van der Waals surface area contributed by atoms with E-state index in [1.165, 1.54) is 18.9 Å².